The summed E-state index contributed by atoms with van der Waals surface area (Å²) in [6.45, 7) is 9.08. The van der Waals surface area contributed by atoms with Crippen LogP contribution in [0.5, 0.6) is 0 Å². The number of hydrogen-bond donors (Lipinski definition) is 0. The van der Waals surface area contributed by atoms with Crippen LogP contribution >= 0.6 is 0 Å². The van der Waals surface area contributed by atoms with Crippen molar-refractivity contribution in [2.75, 3.05) is 0 Å². The van der Waals surface area contributed by atoms with Crippen LogP contribution in [0.3, 0.4) is 0 Å². The van der Waals surface area contributed by atoms with E-state index in [1.54, 1.807) is 0 Å². The maximum atomic E-state index is 4.61. The fourth-order valence-corrected chi connectivity index (χ4v) is 0. The fourth-order valence-electron chi connectivity index (χ4n) is 0. The van der Waals surface area contributed by atoms with Crippen LogP contribution in [0.1, 0.15) is 0 Å². The number of aliphatic imine (C=N–C) groups is 1. The van der Waals surface area contributed by atoms with E-state index in [0.29, 0.717) is 0 Å². The Morgan fingerprint density at radius 1 is 1.60 bits per heavy atom. The summed E-state index contributed by atoms with van der Waals surface area (Å²) in [4.78, 5) is 2.89. The molecule has 0 aliphatic carbocycles. The van der Waals surface area contributed by atoms with Crippen LogP contribution in [0.4, 0.5) is 0 Å². The molecule has 26 valence electrons. The molecule has 0 aromatic rings. The molecular formula is C3H3NW. The standard InChI is InChI=1S/C3H3N.W/c1-3-4-2;/h1-3H;/q-2;+2. The van der Waals surface area contributed by atoms with Crippen LogP contribution in [0.2, 0.25) is 0 Å². The summed E-state index contributed by atoms with van der Waals surface area (Å²) in [5.74, 6) is 0. The molecular weight excluding hydrogens is 234 g/mol. The van der Waals surface area contributed by atoms with Crippen molar-refractivity contribution >= 4 is 6.72 Å². The van der Waals surface area contributed by atoms with Gasteiger partial charge in [0.15, 0.2) is 0 Å². The Balaban J connectivity index is 0. The van der Waals surface area contributed by atoms with E-state index in [9.17, 15) is 0 Å². The largest absolute Gasteiger partial charge is 2.00 e. The maximum absolute atomic E-state index is 4.61. The summed E-state index contributed by atoms with van der Waals surface area (Å²) in [5.41, 5.74) is 0. The first-order valence-electron chi connectivity index (χ1n) is 0.850. The number of rotatable bonds is 1. The van der Waals surface area contributed by atoms with Crippen LogP contribution < -0.4 is 0 Å². The third-order valence-corrected chi connectivity index (χ3v) is 0.0861. The molecule has 0 N–H and O–H groups in total. The molecule has 0 heterocycles. The third kappa shape index (κ3) is 15.0. The van der Waals surface area contributed by atoms with Gasteiger partial charge in [0.25, 0.3) is 0 Å². The molecule has 1 nitrogen and oxygen atoms in total. The van der Waals surface area contributed by atoms with E-state index in [-0.39, 0.29) is 21.1 Å². The molecule has 0 spiro atoms. The predicted molar refractivity (Wildman–Crippen MR) is 17.4 cm³/mol. The third-order valence-electron chi connectivity index (χ3n) is 0.0861. The molecule has 0 aromatic heterocycles. The topological polar surface area (TPSA) is 12.4 Å². The Hall–Kier alpha value is 0.0983. The maximum Gasteiger partial charge on any atom is 2.00 e. The van der Waals surface area contributed by atoms with Gasteiger partial charge in [0.1, 0.15) is 0 Å². The minimum atomic E-state index is 0. The van der Waals surface area contributed by atoms with E-state index in [1.165, 1.54) is 0 Å². The zero-order chi connectivity index (χ0) is 3.41. The van der Waals surface area contributed by atoms with E-state index >= 15 is 0 Å². The number of nitrogens with zero attached hydrogens (tertiary/aromatic N) is 1. The van der Waals surface area contributed by atoms with E-state index in [2.05, 4.69) is 18.3 Å². The first-order valence-corrected chi connectivity index (χ1v) is 0.850. The molecule has 0 fully saturated rings. The van der Waals surface area contributed by atoms with Crippen LogP contribution in [0, 0.1) is 6.58 Å². The molecule has 0 aromatic carbocycles. The van der Waals surface area contributed by atoms with Crippen LogP contribution in [0.25, 0.3) is 0 Å². The Morgan fingerprint density at radius 2 is 1.80 bits per heavy atom. The molecule has 0 saturated heterocycles. The molecule has 0 saturated carbocycles. The van der Waals surface area contributed by atoms with Gasteiger partial charge in [0, 0.05) is 0 Å². The van der Waals surface area contributed by atoms with Crippen molar-refractivity contribution in [2.45, 2.75) is 0 Å². The average molecular weight is 237 g/mol. The molecule has 0 radical (unpaired) electrons. The van der Waals surface area contributed by atoms with Gasteiger partial charge in [-0.3, -0.25) is 0 Å². The van der Waals surface area contributed by atoms with E-state index < -0.39 is 0 Å². The summed E-state index contributed by atoms with van der Waals surface area (Å²) in [6.07, 6.45) is 1.03. The van der Waals surface area contributed by atoms with E-state index in [4.69, 9.17) is 0 Å². The van der Waals surface area contributed by atoms with Gasteiger partial charge in [-0.15, -0.1) is 0 Å². The summed E-state index contributed by atoms with van der Waals surface area (Å²) in [6, 6.07) is 0. The SMILES string of the molecule is [CH-]=CN=[CH-].[W+2]. The molecule has 0 atom stereocenters. The smallest absolute Gasteiger partial charge is 0.601 e. The van der Waals surface area contributed by atoms with Gasteiger partial charge >= 0.3 is 21.1 Å². The van der Waals surface area contributed by atoms with Gasteiger partial charge in [0.05, 0.1) is 0 Å². The van der Waals surface area contributed by atoms with Gasteiger partial charge in [-0.25, -0.2) is 0 Å². The van der Waals surface area contributed by atoms with Crippen molar-refractivity contribution in [1.29, 1.82) is 0 Å². The molecule has 0 rings (SSSR count). The van der Waals surface area contributed by atoms with Crippen molar-refractivity contribution < 1.29 is 21.1 Å². The van der Waals surface area contributed by atoms with E-state index in [1.807, 2.05) is 0 Å². The fraction of sp³-hybridized carbons (Fsp3) is 0. The molecule has 5 heavy (non-hydrogen) atoms. The molecule has 0 aliphatic rings. The minimum absolute atomic E-state index is 0. The summed E-state index contributed by atoms with van der Waals surface area (Å²) < 4.78 is 0. The summed E-state index contributed by atoms with van der Waals surface area (Å²) >= 11 is 0. The molecule has 0 bridgehead atoms. The van der Waals surface area contributed by atoms with Gasteiger partial charge in [-0.2, -0.15) is 6.72 Å². The second kappa shape index (κ2) is 8.94. The minimum Gasteiger partial charge on any atom is -0.601 e. The molecule has 0 aliphatic heterocycles. The van der Waals surface area contributed by atoms with Gasteiger partial charge < -0.3 is 17.8 Å². The van der Waals surface area contributed by atoms with Crippen molar-refractivity contribution in [3.63, 3.8) is 0 Å². The molecule has 0 amide bonds. The van der Waals surface area contributed by atoms with Gasteiger partial charge in [-0.1, -0.05) is 0 Å². The van der Waals surface area contributed by atoms with Crippen molar-refractivity contribution in [3.05, 3.63) is 12.8 Å². The van der Waals surface area contributed by atoms with Gasteiger partial charge in [0.2, 0.25) is 0 Å². The Bertz CT molecular complexity index is 27.9. The van der Waals surface area contributed by atoms with Crippen LogP contribution in [-0.4, -0.2) is 6.72 Å². The zero-order valence-corrected chi connectivity index (χ0v) is 5.52. The summed E-state index contributed by atoms with van der Waals surface area (Å²) in [5, 5.41) is 0. The Morgan fingerprint density at radius 3 is 1.80 bits per heavy atom. The average Bonchev–Trinajstić information content (AvgIpc) is 1.37. The number of hydrogen-bond acceptors (Lipinski definition) is 1. The monoisotopic (exact) mass is 237 g/mol. The Kier molecular flexibility index (Phi) is 15.9. The normalized spacial score (nSPS) is 4.00. The van der Waals surface area contributed by atoms with Gasteiger partial charge in [-0.05, 0) is 0 Å². The van der Waals surface area contributed by atoms with Crippen molar-refractivity contribution in [1.82, 2.24) is 0 Å². The quantitative estimate of drug-likeness (QED) is 0.465. The molecule has 0 unspecified atom stereocenters. The molecule has 2 heteroatoms. The first-order chi connectivity index (χ1) is 1.91. The van der Waals surface area contributed by atoms with Crippen LogP contribution in [0.15, 0.2) is 11.2 Å². The van der Waals surface area contributed by atoms with Crippen LogP contribution in [-0.2, 0) is 21.1 Å². The first kappa shape index (κ1) is 8.92. The zero-order valence-electron chi connectivity index (χ0n) is 2.59. The van der Waals surface area contributed by atoms with Crippen molar-refractivity contribution in [3.8, 4) is 0 Å². The van der Waals surface area contributed by atoms with E-state index in [0.717, 1.165) is 6.20 Å². The summed E-state index contributed by atoms with van der Waals surface area (Å²) in [7, 11) is 0. The second-order valence-corrected chi connectivity index (χ2v) is 0.298. The second-order valence-electron chi connectivity index (χ2n) is 0.298. The van der Waals surface area contributed by atoms with Crippen molar-refractivity contribution in [2.24, 2.45) is 4.99 Å². The Labute approximate surface area is 46.1 Å². The predicted octanol–water partition coefficient (Wildman–Crippen LogP) is 0.508.